The van der Waals surface area contributed by atoms with Crippen molar-refractivity contribution < 1.29 is 9.53 Å². The van der Waals surface area contributed by atoms with Crippen molar-refractivity contribution in [3.05, 3.63) is 59.7 Å². The molecule has 0 saturated carbocycles. The van der Waals surface area contributed by atoms with Gasteiger partial charge in [-0.25, -0.2) is 0 Å². The molecule has 134 valence electrons. The van der Waals surface area contributed by atoms with Crippen molar-refractivity contribution in [2.24, 2.45) is 0 Å². The van der Waals surface area contributed by atoms with Crippen molar-refractivity contribution in [2.45, 2.75) is 32.7 Å². The minimum atomic E-state index is -0.0123. The highest BCUT2D eigenvalue weighted by molar-refractivity contribution is 5.92. The van der Waals surface area contributed by atoms with Crippen LogP contribution in [0.4, 0.5) is 5.69 Å². The highest BCUT2D eigenvalue weighted by Gasteiger charge is 2.09. The number of benzene rings is 2. The first-order chi connectivity index (χ1) is 12.0. The van der Waals surface area contributed by atoms with Crippen LogP contribution in [0.2, 0.25) is 0 Å². The van der Waals surface area contributed by atoms with Crippen LogP contribution in [0.25, 0.3) is 0 Å². The van der Waals surface area contributed by atoms with Crippen molar-refractivity contribution in [1.82, 2.24) is 4.90 Å². The Labute approximate surface area is 150 Å². The number of carbonyl (C=O) groups is 1. The van der Waals surface area contributed by atoms with Crippen LogP contribution in [0.5, 0.6) is 5.75 Å². The van der Waals surface area contributed by atoms with Gasteiger partial charge in [-0.15, -0.1) is 0 Å². The summed E-state index contributed by atoms with van der Waals surface area (Å²) in [5, 5.41) is 2.96. The number of ether oxygens (including phenoxy) is 1. The topological polar surface area (TPSA) is 41.6 Å². The van der Waals surface area contributed by atoms with Crippen LogP contribution in [0.3, 0.4) is 0 Å². The molecule has 0 aliphatic heterocycles. The third-order valence-corrected chi connectivity index (χ3v) is 4.38. The molecule has 0 saturated heterocycles. The van der Waals surface area contributed by atoms with E-state index in [4.69, 9.17) is 4.74 Å². The molecule has 2 aromatic carbocycles. The molecule has 0 spiro atoms. The number of nitrogens with zero attached hydrogens (tertiary/aromatic N) is 1. The van der Waals surface area contributed by atoms with Crippen molar-refractivity contribution in [3.8, 4) is 5.75 Å². The van der Waals surface area contributed by atoms with Gasteiger partial charge in [-0.1, -0.05) is 38.1 Å². The molecule has 0 aliphatic carbocycles. The minimum Gasteiger partial charge on any atom is -0.497 e. The lowest BCUT2D eigenvalue weighted by Crippen LogP contribution is -2.29. The average molecular weight is 340 g/mol. The molecule has 4 nitrogen and oxygen atoms in total. The molecule has 2 rings (SSSR count). The Morgan fingerprint density at radius 2 is 1.92 bits per heavy atom. The van der Waals surface area contributed by atoms with Crippen molar-refractivity contribution >= 4 is 11.6 Å². The van der Waals surface area contributed by atoms with Gasteiger partial charge in [0.25, 0.3) is 0 Å². The van der Waals surface area contributed by atoms with E-state index < -0.39 is 0 Å². The highest BCUT2D eigenvalue weighted by atomic mass is 16.5. The molecule has 4 heteroatoms. The van der Waals surface area contributed by atoms with E-state index in [0.29, 0.717) is 19.0 Å². The lowest BCUT2D eigenvalue weighted by atomic mass is 9.99. The van der Waals surface area contributed by atoms with Gasteiger partial charge in [-0.3, -0.25) is 9.69 Å². The van der Waals surface area contributed by atoms with Gasteiger partial charge in [-0.2, -0.15) is 0 Å². The molecule has 1 atom stereocenters. The fourth-order valence-corrected chi connectivity index (χ4v) is 2.71. The second-order valence-electron chi connectivity index (χ2n) is 6.50. The third-order valence-electron chi connectivity index (χ3n) is 4.38. The van der Waals surface area contributed by atoms with Gasteiger partial charge in [0.1, 0.15) is 5.75 Å². The minimum absolute atomic E-state index is 0.0123. The summed E-state index contributed by atoms with van der Waals surface area (Å²) in [4.78, 5) is 14.2. The zero-order chi connectivity index (χ0) is 18.2. The number of amides is 1. The molecular formula is C21H28N2O2. The number of carbonyl (C=O) groups excluding carboxylic acids is 1. The summed E-state index contributed by atoms with van der Waals surface area (Å²) < 4.78 is 5.23. The number of nitrogens with one attached hydrogen (secondary N) is 1. The van der Waals surface area contributed by atoms with E-state index in [1.54, 1.807) is 7.11 Å². The molecule has 1 amide bonds. The Morgan fingerprint density at radius 3 is 2.56 bits per heavy atom. The number of methoxy groups -OCH3 is 1. The zero-order valence-corrected chi connectivity index (χ0v) is 15.6. The summed E-state index contributed by atoms with van der Waals surface area (Å²) in [5.41, 5.74) is 3.26. The van der Waals surface area contributed by atoms with Crippen LogP contribution in [0, 0.1) is 0 Å². The molecule has 2 aromatic rings. The van der Waals surface area contributed by atoms with E-state index in [0.717, 1.165) is 23.4 Å². The van der Waals surface area contributed by atoms with Gasteiger partial charge < -0.3 is 10.1 Å². The highest BCUT2D eigenvalue weighted by Crippen LogP contribution is 2.20. The van der Waals surface area contributed by atoms with E-state index in [1.807, 2.05) is 48.3 Å². The molecule has 1 N–H and O–H groups in total. The van der Waals surface area contributed by atoms with Gasteiger partial charge in [0, 0.05) is 12.2 Å². The van der Waals surface area contributed by atoms with E-state index in [9.17, 15) is 4.79 Å². The molecule has 0 radical (unpaired) electrons. The molecule has 0 unspecified atom stereocenters. The molecule has 0 fully saturated rings. The number of rotatable bonds is 8. The number of anilines is 1. The van der Waals surface area contributed by atoms with Crippen LogP contribution in [0.1, 0.15) is 37.3 Å². The fraction of sp³-hybridized carbons (Fsp3) is 0.381. The first kappa shape index (κ1) is 19.0. The van der Waals surface area contributed by atoms with Gasteiger partial charge >= 0.3 is 0 Å². The van der Waals surface area contributed by atoms with Crippen molar-refractivity contribution in [1.29, 1.82) is 0 Å². The summed E-state index contributed by atoms with van der Waals surface area (Å²) in [6, 6.07) is 16.0. The fourth-order valence-electron chi connectivity index (χ4n) is 2.71. The molecule has 0 heterocycles. The Morgan fingerprint density at radius 1 is 1.20 bits per heavy atom. The lowest BCUT2D eigenvalue weighted by molar-refractivity contribution is -0.117. The van der Waals surface area contributed by atoms with Crippen LogP contribution < -0.4 is 10.1 Å². The summed E-state index contributed by atoms with van der Waals surface area (Å²) in [6.07, 6.45) is 1.11. The SMILES string of the molecule is CC[C@@H](C)c1ccc(NC(=O)CN(C)Cc2cccc(OC)c2)cc1. The maximum absolute atomic E-state index is 12.2. The quantitative estimate of drug-likeness (QED) is 0.780. The molecular weight excluding hydrogens is 312 g/mol. The largest absolute Gasteiger partial charge is 0.497 e. The molecule has 25 heavy (non-hydrogen) atoms. The molecule has 0 aliphatic rings. The molecule has 0 bridgehead atoms. The first-order valence-corrected chi connectivity index (χ1v) is 8.73. The van der Waals surface area contributed by atoms with Crippen LogP contribution >= 0.6 is 0 Å². The summed E-state index contributed by atoms with van der Waals surface area (Å²) in [5.74, 6) is 1.36. The Balaban J connectivity index is 1.86. The smallest absolute Gasteiger partial charge is 0.238 e. The maximum atomic E-state index is 12.2. The second-order valence-corrected chi connectivity index (χ2v) is 6.50. The van der Waals surface area contributed by atoms with Crippen molar-refractivity contribution in [3.63, 3.8) is 0 Å². The maximum Gasteiger partial charge on any atom is 0.238 e. The Bertz CT molecular complexity index is 683. The third kappa shape index (κ3) is 5.91. The number of hydrogen-bond acceptors (Lipinski definition) is 3. The van der Waals surface area contributed by atoms with Crippen molar-refractivity contribution in [2.75, 3.05) is 26.0 Å². The van der Waals surface area contributed by atoms with Crippen LogP contribution in [-0.2, 0) is 11.3 Å². The van der Waals surface area contributed by atoms with Gasteiger partial charge in [0.2, 0.25) is 5.91 Å². The number of hydrogen-bond donors (Lipinski definition) is 1. The standard InChI is InChI=1S/C21H28N2O2/c1-5-16(2)18-9-11-19(12-10-18)22-21(24)15-23(3)14-17-7-6-8-20(13-17)25-4/h6-13,16H,5,14-15H2,1-4H3,(H,22,24)/t16-/m1/s1. The van der Waals surface area contributed by atoms with E-state index in [1.165, 1.54) is 5.56 Å². The van der Waals surface area contributed by atoms with E-state index in [-0.39, 0.29) is 5.91 Å². The Kier molecular flexibility index (Phi) is 7.02. The van der Waals surface area contributed by atoms with Gasteiger partial charge in [0.15, 0.2) is 0 Å². The Hall–Kier alpha value is -2.33. The summed E-state index contributed by atoms with van der Waals surface area (Å²) >= 11 is 0. The average Bonchev–Trinajstić information content (AvgIpc) is 2.61. The van der Waals surface area contributed by atoms with Gasteiger partial charge in [0.05, 0.1) is 13.7 Å². The van der Waals surface area contributed by atoms with E-state index in [2.05, 4.69) is 31.3 Å². The summed E-state index contributed by atoms with van der Waals surface area (Å²) in [7, 11) is 3.59. The lowest BCUT2D eigenvalue weighted by Gasteiger charge is -2.17. The number of likely N-dealkylation sites (N-methyl/N-ethyl adjacent to an activating group) is 1. The van der Waals surface area contributed by atoms with Crippen LogP contribution in [0.15, 0.2) is 48.5 Å². The van der Waals surface area contributed by atoms with E-state index >= 15 is 0 Å². The first-order valence-electron chi connectivity index (χ1n) is 8.73. The molecule has 0 aromatic heterocycles. The van der Waals surface area contributed by atoms with Crippen LogP contribution in [-0.4, -0.2) is 31.5 Å². The van der Waals surface area contributed by atoms with Gasteiger partial charge in [-0.05, 0) is 54.8 Å². The zero-order valence-electron chi connectivity index (χ0n) is 15.6. The predicted octanol–water partition coefficient (Wildman–Crippen LogP) is 4.28. The monoisotopic (exact) mass is 340 g/mol. The predicted molar refractivity (Wildman–Crippen MR) is 103 cm³/mol. The summed E-state index contributed by atoms with van der Waals surface area (Å²) in [6.45, 7) is 5.42. The second kappa shape index (κ2) is 9.23. The normalized spacial score (nSPS) is 12.0.